The number of phenolic OH excluding ortho intramolecular Hbond substituents is 1. The molecule has 1 heterocycles. The molecule has 0 saturated carbocycles. The van der Waals surface area contributed by atoms with Gasteiger partial charge in [0.2, 0.25) is 0 Å². The third-order valence-corrected chi connectivity index (χ3v) is 3.85. The largest absolute Gasteiger partial charge is 0.506 e. The molecule has 0 aliphatic carbocycles. The number of hydrogen-bond acceptors (Lipinski definition) is 2. The van der Waals surface area contributed by atoms with E-state index in [9.17, 15) is 5.11 Å². The summed E-state index contributed by atoms with van der Waals surface area (Å²) < 4.78 is 2.14. The zero-order valence-corrected chi connectivity index (χ0v) is 11.3. The Kier molecular flexibility index (Phi) is 2.42. The molecule has 3 heteroatoms. The summed E-state index contributed by atoms with van der Waals surface area (Å²) in [5.74, 6) is 0.106. The van der Waals surface area contributed by atoms with Crippen molar-refractivity contribution in [2.45, 2.75) is 0 Å². The lowest BCUT2D eigenvalue weighted by Gasteiger charge is -2.09. The summed E-state index contributed by atoms with van der Waals surface area (Å²) in [6.45, 7) is 0. The van der Waals surface area contributed by atoms with Crippen molar-refractivity contribution < 1.29 is 5.11 Å². The van der Waals surface area contributed by atoms with Crippen LogP contribution in [0.25, 0.3) is 27.5 Å². The van der Waals surface area contributed by atoms with Crippen molar-refractivity contribution in [2.75, 3.05) is 5.73 Å². The normalized spacial score (nSPS) is 11.2. The number of aromatic hydroxyl groups is 1. The predicted molar refractivity (Wildman–Crippen MR) is 86.9 cm³/mol. The first-order valence-electron chi connectivity index (χ1n) is 6.83. The second-order valence-corrected chi connectivity index (χ2v) is 5.11. The van der Waals surface area contributed by atoms with Gasteiger partial charge in [-0.15, -0.1) is 0 Å². The van der Waals surface area contributed by atoms with Crippen LogP contribution in [0.1, 0.15) is 0 Å². The minimum absolute atomic E-state index is 0.106. The molecule has 0 saturated heterocycles. The second-order valence-electron chi connectivity index (χ2n) is 5.11. The topological polar surface area (TPSA) is 51.2 Å². The Balaban J connectivity index is 2.17. The Labute approximate surface area is 121 Å². The van der Waals surface area contributed by atoms with Crippen LogP contribution in [0, 0.1) is 0 Å². The molecule has 4 aromatic rings. The number of para-hydroxylation sites is 2. The van der Waals surface area contributed by atoms with E-state index < -0.39 is 0 Å². The van der Waals surface area contributed by atoms with Gasteiger partial charge in [0.05, 0.1) is 16.7 Å². The SMILES string of the molecule is Nc1ccc(-n2c3ccccc3c3ccccc32)cc1O. The Morgan fingerprint density at radius 1 is 0.762 bits per heavy atom. The summed E-state index contributed by atoms with van der Waals surface area (Å²) in [6.07, 6.45) is 0. The highest BCUT2D eigenvalue weighted by Gasteiger charge is 2.11. The van der Waals surface area contributed by atoms with Gasteiger partial charge in [0, 0.05) is 22.5 Å². The summed E-state index contributed by atoms with van der Waals surface area (Å²) in [7, 11) is 0. The Hall–Kier alpha value is -2.94. The predicted octanol–water partition coefficient (Wildman–Crippen LogP) is 4.07. The first kappa shape index (κ1) is 11.9. The molecule has 0 fully saturated rings. The van der Waals surface area contributed by atoms with E-state index in [1.165, 1.54) is 10.8 Å². The van der Waals surface area contributed by atoms with Gasteiger partial charge in [0.25, 0.3) is 0 Å². The van der Waals surface area contributed by atoms with Crippen LogP contribution in [0.5, 0.6) is 5.75 Å². The van der Waals surface area contributed by atoms with Crippen LogP contribution >= 0.6 is 0 Å². The lowest BCUT2D eigenvalue weighted by atomic mass is 10.2. The maximum absolute atomic E-state index is 9.90. The molecule has 0 amide bonds. The van der Waals surface area contributed by atoms with E-state index in [1.807, 2.05) is 30.3 Å². The first-order chi connectivity index (χ1) is 10.3. The molecule has 0 spiro atoms. The number of aromatic nitrogens is 1. The van der Waals surface area contributed by atoms with Crippen LogP contribution < -0.4 is 5.73 Å². The quantitative estimate of drug-likeness (QED) is 0.406. The van der Waals surface area contributed by atoms with Crippen molar-refractivity contribution in [2.24, 2.45) is 0 Å². The summed E-state index contributed by atoms with van der Waals surface area (Å²) in [5.41, 5.74) is 9.23. The van der Waals surface area contributed by atoms with E-state index in [0.717, 1.165) is 16.7 Å². The molecule has 0 radical (unpaired) electrons. The molecule has 3 aromatic carbocycles. The number of anilines is 1. The second kappa shape index (κ2) is 4.28. The van der Waals surface area contributed by atoms with Gasteiger partial charge in [0.15, 0.2) is 0 Å². The molecule has 0 atom stereocenters. The molecule has 21 heavy (non-hydrogen) atoms. The summed E-state index contributed by atoms with van der Waals surface area (Å²) in [5, 5.41) is 12.3. The van der Waals surface area contributed by atoms with Gasteiger partial charge in [-0.3, -0.25) is 0 Å². The molecule has 4 rings (SSSR count). The minimum atomic E-state index is 0.106. The molecule has 0 aliphatic heterocycles. The van der Waals surface area contributed by atoms with Crippen molar-refractivity contribution in [3.8, 4) is 11.4 Å². The summed E-state index contributed by atoms with van der Waals surface area (Å²) >= 11 is 0. The van der Waals surface area contributed by atoms with Gasteiger partial charge in [-0.2, -0.15) is 0 Å². The van der Waals surface area contributed by atoms with Gasteiger partial charge in [-0.05, 0) is 24.3 Å². The van der Waals surface area contributed by atoms with Crippen molar-refractivity contribution in [3.63, 3.8) is 0 Å². The number of nitrogens with two attached hydrogens (primary N) is 1. The van der Waals surface area contributed by atoms with E-state index in [0.29, 0.717) is 5.69 Å². The molecular formula is C18H14N2O. The molecule has 3 N–H and O–H groups in total. The number of fused-ring (bicyclic) bond motifs is 3. The fourth-order valence-corrected chi connectivity index (χ4v) is 2.87. The third kappa shape index (κ3) is 1.68. The highest BCUT2D eigenvalue weighted by Crippen LogP contribution is 2.33. The molecule has 0 bridgehead atoms. The number of nitrogen functional groups attached to an aromatic ring is 1. The van der Waals surface area contributed by atoms with Crippen molar-refractivity contribution in [1.29, 1.82) is 0 Å². The number of hydrogen-bond donors (Lipinski definition) is 2. The molecule has 1 aromatic heterocycles. The summed E-state index contributed by atoms with van der Waals surface area (Å²) in [4.78, 5) is 0. The maximum atomic E-state index is 9.90. The minimum Gasteiger partial charge on any atom is -0.506 e. The zero-order chi connectivity index (χ0) is 14.4. The fraction of sp³-hybridized carbons (Fsp3) is 0. The summed E-state index contributed by atoms with van der Waals surface area (Å²) in [6, 6.07) is 21.9. The fourth-order valence-electron chi connectivity index (χ4n) is 2.87. The molecular weight excluding hydrogens is 260 g/mol. The van der Waals surface area contributed by atoms with Gasteiger partial charge in [0.1, 0.15) is 5.75 Å². The smallest absolute Gasteiger partial charge is 0.140 e. The number of phenols is 1. The van der Waals surface area contributed by atoms with Gasteiger partial charge < -0.3 is 15.4 Å². The average Bonchev–Trinajstić information content (AvgIpc) is 2.85. The Bertz CT molecular complexity index is 916. The van der Waals surface area contributed by atoms with Crippen LogP contribution in [0.4, 0.5) is 5.69 Å². The monoisotopic (exact) mass is 274 g/mol. The van der Waals surface area contributed by atoms with Gasteiger partial charge >= 0.3 is 0 Å². The number of rotatable bonds is 1. The van der Waals surface area contributed by atoms with E-state index in [-0.39, 0.29) is 5.75 Å². The lowest BCUT2D eigenvalue weighted by Crippen LogP contribution is -1.95. The standard InChI is InChI=1S/C18H14N2O/c19-15-10-9-12(11-18(15)21)20-16-7-3-1-5-13(16)14-6-2-4-8-17(14)20/h1-11,21H,19H2. The van der Waals surface area contributed by atoms with E-state index >= 15 is 0 Å². The van der Waals surface area contributed by atoms with E-state index in [1.54, 1.807) is 12.1 Å². The molecule has 102 valence electrons. The van der Waals surface area contributed by atoms with Gasteiger partial charge in [-0.25, -0.2) is 0 Å². The first-order valence-corrected chi connectivity index (χ1v) is 6.83. The highest BCUT2D eigenvalue weighted by atomic mass is 16.3. The van der Waals surface area contributed by atoms with Crippen LogP contribution in [0.15, 0.2) is 66.7 Å². The van der Waals surface area contributed by atoms with Crippen molar-refractivity contribution in [1.82, 2.24) is 4.57 Å². The van der Waals surface area contributed by atoms with E-state index in [4.69, 9.17) is 5.73 Å². The van der Waals surface area contributed by atoms with Crippen LogP contribution in [0.2, 0.25) is 0 Å². The molecule has 3 nitrogen and oxygen atoms in total. The molecule has 0 unspecified atom stereocenters. The Morgan fingerprint density at radius 3 is 1.90 bits per heavy atom. The van der Waals surface area contributed by atoms with Crippen molar-refractivity contribution in [3.05, 3.63) is 66.7 Å². The maximum Gasteiger partial charge on any atom is 0.140 e. The van der Waals surface area contributed by atoms with Crippen LogP contribution in [0.3, 0.4) is 0 Å². The zero-order valence-electron chi connectivity index (χ0n) is 11.3. The van der Waals surface area contributed by atoms with Gasteiger partial charge in [-0.1, -0.05) is 36.4 Å². The lowest BCUT2D eigenvalue weighted by molar-refractivity contribution is 0.478. The Morgan fingerprint density at radius 2 is 1.33 bits per heavy atom. The van der Waals surface area contributed by atoms with Crippen LogP contribution in [-0.2, 0) is 0 Å². The van der Waals surface area contributed by atoms with E-state index in [2.05, 4.69) is 28.8 Å². The third-order valence-electron chi connectivity index (χ3n) is 3.85. The van der Waals surface area contributed by atoms with Crippen LogP contribution in [-0.4, -0.2) is 9.67 Å². The van der Waals surface area contributed by atoms with Crippen molar-refractivity contribution >= 4 is 27.5 Å². The number of nitrogens with zero attached hydrogens (tertiary/aromatic N) is 1. The highest BCUT2D eigenvalue weighted by molar-refractivity contribution is 6.09. The average molecular weight is 274 g/mol. The molecule has 0 aliphatic rings. The number of benzene rings is 3.